The molecule has 23 heavy (non-hydrogen) atoms. The van der Waals surface area contributed by atoms with Gasteiger partial charge in [-0.25, -0.2) is 0 Å². The zero-order valence-electron chi connectivity index (χ0n) is 13.0. The van der Waals surface area contributed by atoms with Gasteiger partial charge in [-0.05, 0) is 36.5 Å². The summed E-state index contributed by atoms with van der Waals surface area (Å²) in [6.07, 6.45) is 2.86. The van der Waals surface area contributed by atoms with Crippen LogP contribution in [0.4, 0.5) is 5.69 Å². The van der Waals surface area contributed by atoms with Crippen LogP contribution in [0.2, 0.25) is 0 Å². The maximum Gasteiger partial charge on any atom is 0.226 e. The van der Waals surface area contributed by atoms with Gasteiger partial charge in [-0.3, -0.25) is 14.4 Å². The van der Waals surface area contributed by atoms with Crippen LogP contribution in [0.3, 0.4) is 0 Å². The number of anilines is 1. The van der Waals surface area contributed by atoms with E-state index >= 15 is 0 Å². The fraction of sp³-hybridized carbons (Fsp3) is 0.471. The molecule has 3 amide bonds. The van der Waals surface area contributed by atoms with Crippen LogP contribution in [-0.4, -0.2) is 35.7 Å². The molecule has 1 fully saturated rings. The number of nitrogens with one attached hydrogen (secondary N) is 1. The number of piperidine rings is 1. The van der Waals surface area contributed by atoms with E-state index in [9.17, 15) is 14.4 Å². The Labute approximate surface area is 135 Å². The average molecular weight is 315 g/mol. The molecule has 122 valence electrons. The second kappa shape index (κ2) is 6.40. The van der Waals surface area contributed by atoms with E-state index in [0.717, 1.165) is 16.8 Å². The number of nitrogens with two attached hydrogens (primary N) is 1. The van der Waals surface area contributed by atoms with Crippen molar-refractivity contribution in [1.29, 1.82) is 0 Å². The molecule has 0 atom stereocenters. The SMILES string of the molecule is NC(=O)C1CCN(C(=O)Cc2ccc3c(c2)CCC(=O)N3)CC1. The fourth-order valence-electron chi connectivity index (χ4n) is 3.25. The van der Waals surface area contributed by atoms with Crippen LogP contribution < -0.4 is 11.1 Å². The molecule has 6 heteroatoms. The minimum absolute atomic E-state index is 0.0404. The number of aryl methyl sites for hydroxylation is 1. The van der Waals surface area contributed by atoms with Gasteiger partial charge in [-0.15, -0.1) is 0 Å². The van der Waals surface area contributed by atoms with Crippen molar-refractivity contribution in [3.63, 3.8) is 0 Å². The molecule has 1 aromatic carbocycles. The number of hydrogen-bond acceptors (Lipinski definition) is 3. The lowest BCUT2D eigenvalue weighted by Gasteiger charge is -2.30. The van der Waals surface area contributed by atoms with Crippen molar-refractivity contribution in [2.45, 2.75) is 32.1 Å². The molecule has 0 unspecified atom stereocenters. The van der Waals surface area contributed by atoms with Crippen molar-refractivity contribution in [2.24, 2.45) is 11.7 Å². The van der Waals surface area contributed by atoms with Gasteiger partial charge in [0, 0.05) is 31.1 Å². The van der Waals surface area contributed by atoms with Crippen LogP contribution in [-0.2, 0) is 27.2 Å². The Hall–Kier alpha value is -2.37. The first-order valence-corrected chi connectivity index (χ1v) is 8.01. The lowest BCUT2D eigenvalue weighted by Crippen LogP contribution is -2.42. The van der Waals surface area contributed by atoms with Crippen molar-refractivity contribution in [2.75, 3.05) is 18.4 Å². The van der Waals surface area contributed by atoms with Crippen molar-refractivity contribution in [3.05, 3.63) is 29.3 Å². The van der Waals surface area contributed by atoms with E-state index in [4.69, 9.17) is 5.73 Å². The molecule has 3 N–H and O–H groups in total. The van der Waals surface area contributed by atoms with Crippen molar-refractivity contribution in [1.82, 2.24) is 4.90 Å². The molecule has 2 aliphatic heterocycles. The first kappa shape index (κ1) is 15.5. The average Bonchev–Trinajstić information content (AvgIpc) is 2.55. The van der Waals surface area contributed by atoms with Gasteiger partial charge in [-0.1, -0.05) is 12.1 Å². The number of benzene rings is 1. The zero-order chi connectivity index (χ0) is 16.4. The molecule has 2 aliphatic rings. The molecule has 0 aliphatic carbocycles. The maximum absolute atomic E-state index is 12.4. The molecule has 6 nitrogen and oxygen atoms in total. The van der Waals surface area contributed by atoms with Crippen LogP contribution in [0.5, 0.6) is 0 Å². The number of nitrogens with zero attached hydrogens (tertiary/aromatic N) is 1. The Kier molecular flexibility index (Phi) is 4.32. The normalized spacial score (nSPS) is 18.3. The largest absolute Gasteiger partial charge is 0.369 e. The van der Waals surface area contributed by atoms with Crippen molar-refractivity contribution < 1.29 is 14.4 Å². The van der Waals surface area contributed by atoms with Gasteiger partial charge in [0.15, 0.2) is 0 Å². The third-order valence-corrected chi connectivity index (χ3v) is 4.67. The second-order valence-corrected chi connectivity index (χ2v) is 6.27. The molecular weight excluding hydrogens is 294 g/mol. The summed E-state index contributed by atoms with van der Waals surface area (Å²) >= 11 is 0. The number of rotatable bonds is 3. The Balaban J connectivity index is 1.60. The molecular formula is C17H21N3O3. The van der Waals surface area contributed by atoms with Gasteiger partial charge < -0.3 is 16.0 Å². The van der Waals surface area contributed by atoms with Gasteiger partial charge in [0.05, 0.1) is 6.42 Å². The van der Waals surface area contributed by atoms with Crippen LogP contribution in [0.1, 0.15) is 30.4 Å². The third kappa shape index (κ3) is 3.52. The van der Waals surface area contributed by atoms with E-state index in [-0.39, 0.29) is 23.6 Å². The number of likely N-dealkylation sites (tertiary alicyclic amines) is 1. The van der Waals surface area contributed by atoms with E-state index in [1.165, 1.54) is 0 Å². The maximum atomic E-state index is 12.4. The minimum atomic E-state index is -0.270. The van der Waals surface area contributed by atoms with Crippen molar-refractivity contribution >= 4 is 23.4 Å². The first-order chi connectivity index (χ1) is 11.0. The summed E-state index contributed by atoms with van der Waals surface area (Å²) in [7, 11) is 0. The van der Waals surface area contributed by atoms with Gasteiger partial charge in [-0.2, -0.15) is 0 Å². The number of primary amides is 1. The molecule has 3 rings (SSSR count). The Bertz CT molecular complexity index is 648. The van der Waals surface area contributed by atoms with Gasteiger partial charge in [0.1, 0.15) is 0 Å². The highest BCUT2D eigenvalue weighted by atomic mass is 16.2. The lowest BCUT2D eigenvalue weighted by atomic mass is 9.95. The summed E-state index contributed by atoms with van der Waals surface area (Å²) < 4.78 is 0. The van der Waals surface area contributed by atoms with E-state index < -0.39 is 0 Å². The summed E-state index contributed by atoms with van der Waals surface area (Å²) in [4.78, 5) is 36.7. The molecule has 0 bridgehead atoms. The molecule has 2 heterocycles. The number of hydrogen-bond donors (Lipinski definition) is 2. The molecule has 1 aromatic rings. The number of carbonyl (C=O) groups is 3. The Morgan fingerprint density at radius 2 is 1.96 bits per heavy atom. The van der Waals surface area contributed by atoms with Crippen LogP contribution >= 0.6 is 0 Å². The Morgan fingerprint density at radius 3 is 2.65 bits per heavy atom. The number of fused-ring (bicyclic) bond motifs is 1. The number of carbonyl (C=O) groups excluding carboxylic acids is 3. The van der Waals surface area contributed by atoms with Gasteiger partial charge in [0.25, 0.3) is 0 Å². The molecule has 0 aromatic heterocycles. The number of amides is 3. The standard InChI is InChI=1S/C17H21N3O3/c18-17(23)12-5-7-20(8-6-12)16(22)10-11-1-3-14-13(9-11)2-4-15(21)19-14/h1,3,9,12H,2,4-8,10H2,(H2,18,23)(H,19,21). The minimum Gasteiger partial charge on any atom is -0.369 e. The summed E-state index contributed by atoms with van der Waals surface area (Å²) in [5.41, 5.74) is 8.21. The lowest BCUT2D eigenvalue weighted by molar-refractivity contribution is -0.134. The summed E-state index contributed by atoms with van der Waals surface area (Å²) in [6, 6.07) is 5.76. The molecule has 1 saturated heterocycles. The molecule has 0 radical (unpaired) electrons. The quantitative estimate of drug-likeness (QED) is 0.865. The smallest absolute Gasteiger partial charge is 0.226 e. The summed E-state index contributed by atoms with van der Waals surface area (Å²) in [5, 5.41) is 2.84. The van der Waals surface area contributed by atoms with E-state index in [1.54, 1.807) is 4.90 Å². The Morgan fingerprint density at radius 1 is 1.22 bits per heavy atom. The van der Waals surface area contributed by atoms with E-state index in [1.807, 2.05) is 18.2 Å². The highest BCUT2D eigenvalue weighted by Crippen LogP contribution is 2.24. The van der Waals surface area contributed by atoms with Crippen LogP contribution in [0, 0.1) is 5.92 Å². The van der Waals surface area contributed by atoms with Crippen molar-refractivity contribution in [3.8, 4) is 0 Å². The monoisotopic (exact) mass is 315 g/mol. The van der Waals surface area contributed by atoms with Crippen LogP contribution in [0.25, 0.3) is 0 Å². The predicted molar refractivity (Wildman–Crippen MR) is 85.6 cm³/mol. The molecule has 0 saturated carbocycles. The van der Waals surface area contributed by atoms with Crippen LogP contribution in [0.15, 0.2) is 18.2 Å². The highest BCUT2D eigenvalue weighted by molar-refractivity contribution is 5.94. The zero-order valence-corrected chi connectivity index (χ0v) is 13.0. The fourth-order valence-corrected chi connectivity index (χ4v) is 3.25. The highest BCUT2D eigenvalue weighted by Gasteiger charge is 2.26. The topological polar surface area (TPSA) is 92.5 Å². The predicted octanol–water partition coefficient (Wildman–Crippen LogP) is 0.838. The third-order valence-electron chi connectivity index (χ3n) is 4.67. The summed E-state index contributed by atoms with van der Waals surface area (Å²) in [6.45, 7) is 1.18. The van der Waals surface area contributed by atoms with Gasteiger partial charge >= 0.3 is 0 Å². The van der Waals surface area contributed by atoms with Gasteiger partial charge in [0.2, 0.25) is 17.7 Å². The second-order valence-electron chi connectivity index (χ2n) is 6.27. The first-order valence-electron chi connectivity index (χ1n) is 8.01. The van der Waals surface area contributed by atoms with E-state index in [2.05, 4.69) is 5.32 Å². The summed E-state index contributed by atoms with van der Waals surface area (Å²) in [5.74, 6) is -0.258. The van der Waals surface area contributed by atoms with E-state index in [0.29, 0.717) is 45.2 Å². The molecule has 0 spiro atoms.